The molecular weight excluding hydrogens is 188 g/mol. The van der Waals surface area contributed by atoms with E-state index in [-0.39, 0.29) is 0 Å². The van der Waals surface area contributed by atoms with Crippen LogP contribution in [0.4, 0.5) is 5.82 Å². The lowest BCUT2D eigenvalue weighted by molar-refractivity contribution is 1.21. The van der Waals surface area contributed by atoms with Crippen molar-refractivity contribution in [3.8, 4) is 0 Å². The second kappa shape index (κ2) is 5.26. The van der Waals surface area contributed by atoms with Crippen LogP contribution in [0.2, 0.25) is 0 Å². The zero-order chi connectivity index (χ0) is 11.3. The minimum atomic E-state index is 0.880. The summed E-state index contributed by atoms with van der Waals surface area (Å²) in [4.78, 5) is 8.33. The standard InChI is InChI=1S/C10H11N3.CH5N/c1-7-3-4-8-9(5-7)12-6-13-10(8)11-2;1-2/h3-6H,1-2H3,(H,11,12,13);2H2,1H3. The van der Waals surface area contributed by atoms with Gasteiger partial charge in [-0.2, -0.15) is 0 Å². The molecule has 2 aromatic rings. The first-order valence-corrected chi connectivity index (χ1v) is 4.78. The molecule has 1 aromatic heterocycles. The van der Waals surface area contributed by atoms with E-state index >= 15 is 0 Å². The number of fused-ring (bicyclic) bond motifs is 1. The van der Waals surface area contributed by atoms with Crippen molar-refractivity contribution in [1.82, 2.24) is 9.97 Å². The van der Waals surface area contributed by atoms with Gasteiger partial charge in [-0.25, -0.2) is 9.97 Å². The van der Waals surface area contributed by atoms with Gasteiger partial charge in [-0.1, -0.05) is 6.07 Å². The maximum atomic E-state index is 4.50. The quantitative estimate of drug-likeness (QED) is 0.739. The normalized spacial score (nSPS) is 9.33. The number of nitrogens with one attached hydrogen (secondary N) is 1. The average Bonchev–Trinajstić information content (AvgIpc) is 2.30. The fourth-order valence-electron chi connectivity index (χ4n) is 1.37. The Balaban J connectivity index is 0.000000531. The molecule has 0 spiro atoms. The first-order valence-electron chi connectivity index (χ1n) is 4.78. The van der Waals surface area contributed by atoms with Crippen molar-refractivity contribution in [2.75, 3.05) is 19.4 Å². The van der Waals surface area contributed by atoms with E-state index in [4.69, 9.17) is 0 Å². The summed E-state index contributed by atoms with van der Waals surface area (Å²) in [5.74, 6) is 0.880. The summed E-state index contributed by atoms with van der Waals surface area (Å²) in [5, 5.41) is 4.10. The van der Waals surface area contributed by atoms with Crippen LogP contribution in [-0.4, -0.2) is 24.1 Å². The Kier molecular flexibility index (Phi) is 4.00. The molecule has 2 rings (SSSR count). The molecule has 15 heavy (non-hydrogen) atoms. The lowest BCUT2D eigenvalue weighted by Crippen LogP contribution is -1.94. The zero-order valence-electron chi connectivity index (χ0n) is 9.28. The first-order chi connectivity index (χ1) is 7.31. The van der Waals surface area contributed by atoms with Crippen molar-refractivity contribution in [3.63, 3.8) is 0 Å². The van der Waals surface area contributed by atoms with Gasteiger partial charge in [-0.15, -0.1) is 0 Å². The van der Waals surface area contributed by atoms with Crippen molar-refractivity contribution in [2.24, 2.45) is 5.73 Å². The van der Waals surface area contributed by atoms with Crippen LogP contribution in [0.1, 0.15) is 5.56 Å². The largest absolute Gasteiger partial charge is 0.373 e. The number of nitrogens with two attached hydrogens (primary N) is 1. The van der Waals surface area contributed by atoms with Crippen molar-refractivity contribution in [2.45, 2.75) is 6.92 Å². The summed E-state index contributed by atoms with van der Waals surface area (Å²) in [6.07, 6.45) is 1.58. The van der Waals surface area contributed by atoms with Gasteiger partial charge in [-0.3, -0.25) is 0 Å². The highest BCUT2D eigenvalue weighted by Gasteiger charge is 2.00. The molecule has 0 fully saturated rings. The van der Waals surface area contributed by atoms with Gasteiger partial charge in [0, 0.05) is 12.4 Å². The van der Waals surface area contributed by atoms with E-state index in [0.29, 0.717) is 0 Å². The third-order valence-corrected chi connectivity index (χ3v) is 2.03. The second-order valence-electron chi connectivity index (χ2n) is 2.99. The molecule has 4 nitrogen and oxygen atoms in total. The van der Waals surface area contributed by atoms with Crippen LogP contribution in [0.25, 0.3) is 10.9 Å². The van der Waals surface area contributed by atoms with Gasteiger partial charge >= 0.3 is 0 Å². The fraction of sp³-hybridized carbons (Fsp3) is 0.273. The summed E-state index contributed by atoms with van der Waals surface area (Å²) in [7, 11) is 3.36. The smallest absolute Gasteiger partial charge is 0.137 e. The molecule has 0 unspecified atom stereocenters. The van der Waals surface area contributed by atoms with Gasteiger partial charge in [0.05, 0.1) is 5.52 Å². The molecule has 0 atom stereocenters. The average molecular weight is 204 g/mol. The van der Waals surface area contributed by atoms with Crippen molar-refractivity contribution < 1.29 is 0 Å². The Morgan fingerprint density at radius 2 is 1.93 bits per heavy atom. The third kappa shape index (κ3) is 2.41. The van der Waals surface area contributed by atoms with Crippen LogP contribution in [0.5, 0.6) is 0 Å². The highest BCUT2D eigenvalue weighted by molar-refractivity contribution is 5.89. The van der Waals surface area contributed by atoms with Crippen LogP contribution >= 0.6 is 0 Å². The molecular formula is C11H16N4. The van der Waals surface area contributed by atoms with Gasteiger partial charge < -0.3 is 11.1 Å². The Bertz CT molecular complexity index is 440. The van der Waals surface area contributed by atoms with E-state index < -0.39 is 0 Å². The third-order valence-electron chi connectivity index (χ3n) is 2.03. The highest BCUT2D eigenvalue weighted by Crippen LogP contribution is 2.19. The number of aromatic nitrogens is 2. The Morgan fingerprint density at radius 1 is 1.20 bits per heavy atom. The minimum absolute atomic E-state index is 0.880. The highest BCUT2D eigenvalue weighted by atomic mass is 15.0. The van der Waals surface area contributed by atoms with E-state index in [9.17, 15) is 0 Å². The predicted octanol–water partition coefficient (Wildman–Crippen LogP) is 1.55. The second-order valence-corrected chi connectivity index (χ2v) is 2.99. The van der Waals surface area contributed by atoms with Crippen LogP contribution in [-0.2, 0) is 0 Å². The van der Waals surface area contributed by atoms with Gasteiger partial charge in [-0.05, 0) is 31.7 Å². The number of nitrogens with zero attached hydrogens (tertiary/aromatic N) is 2. The SMILES string of the molecule is CN.CNc1ncnc2cc(C)ccc12. The molecule has 0 amide bonds. The molecule has 0 aliphatic carbocycles. The lowest BCUT2D eigenvalue weighted by Gasteiger charge is -2.03. The molecule has 1 heterocycles. The van der Waals surface area contributed by atoms with Gasteiger partial charge in [0.15, 0.2) is 0 Å². The molecule has 0 saturated carbocycles. The first kappa shape index (κ1) is 11.4. The molecule has 4 heteroatoms. The van der Waals surface area contributed by atoms with E-state index in [1.54, 1.807) is 6.33 Å². The predicted molar refractivity (Wildman–Crippen MR) is 63.9 cm³/mol. The van der Waals surface area contributed by atoms with Crippen molar-refractivity contribution >= 4 is 16.7 Å². The van der Waals surface area contributed by atoms with Crippen molar-refractivity contribution in [1.29, 1.82) is 0 Å². The maximum Gasteiger partial charge on any atom is 0.137 e. The van der Waals surface area contributed by atoms with E-state index in [1.165, 1.54) is 12.6 Å². The number of rotatable bonds is 1. The Hall–Kier alpha value is -1.68. The van der Waals surface area contributed by atoms with Crippen LogP contribution in [0.15, 0.2) is 24.5 Å². The molecule has 3 N–H and O–H groups in total. The van der Waals surface area contributed by atoms with E-state index in [1.807, 2.05) is 13.1 Å². The summed E-state index contributed by atoms with van der Waals surface area (Å²) < 4.78 is 0. The van der Waals surface area contributed by atoms with E-state index in [0.717, 1.165) is 16.7 Å². The Labute approximate surface area is 89.5 Å². The zero-order valence-corrected chi connectivity index (χ0v) is 9.28. The maximum absolute atomic E-state index is 4.50. The molecule has 80 valence electrons. The fourth-order valence-corrected chi connectivity index (χ4v) is 1.37. The molecule has 1 aromatic carbocycles. The molecule has 0 saturated heterocycles. The van der Waals surface area contributed by atoms with Crippen LogP contribution < -0.4 is 11.1 Å². The summed E-state index contributed by atoms with van der Waals surface area (Å²) in [5.41, 5.74) is 6.70. The van der Waals surface area contributed by atoms with Gasteiger partial charge in [0.25, 0.3) is 0 Å². The number of hydrogen-bond donors (Lipinski definition) is 2. The summed E-state index contributed by atoms with van der Waals surface area (Å²) >= 11 is 0. The number of aryl methyl sites for hydroxylation is 1. The van der Waals surface area contributed by atoms with Crippen LogP contribution in [0, 0.1) is 6.92 Å². The van der Waals surface area contributed by atoms with Gasteiger partial charge in [0.2, 0.25) is 0 Å². The molecule has 0 radical (unpaired) electrons. The summed E-state index contributed by atoms with van der Waals surface area (Å²) in [6, 6.07) is 6.15. The van der Waals surface area contributed by atoms with Gasteiger partial charge in [0.1, 0.15) is 12.1 Å². The molecule has 0 aliphatic rings. The number of hydrogen-bond acceptors (Lipinski definition) is 4. The number of anilines is 1. The Morgan fingerprint density at radius 3 is 2.60 bits per heavy atom. The van der Waals surface area contributed by atoms with Crippen LogP contribution in [0.3, 0.4) is 0 Å². The summed E-state index contributed by atoms with van der Waals surface area (Å²) in [6.45, 7) is 2.06. The number of benzene rings is 1. The molecule has 0 bridgehead atoms. The van der Waals surface area contributed by atoms with Crippen molar-refractivity contribution in [3.05, 3.63) is 30.1 Å². The monoisotopic (exact) mass is 204 g/mol. The topological polar surface area (TPSA) is 63.8 Å². The minimum Gasteiger partial charge on any atom is -0.373 e. The lowest BCUT2D eigenvalue weighted by atomic mass is 10.1. The molecule has 0 aliphatic heterocycles. The van der Waals surface area contributed by atoms with E-state index in [2.05, 4.69) is 40.1 Å².